The molecule has 1 aromatic rings. The zero-order chi connectivity index (χ0) is 18.2. The van der Waals surface area contributed by atoms with E-state index in [4.69, 9.17) is 0 Å². The van der Waals surface area contributed by atoms with E-state index in [1.165, 1.54) is 37.0 Å². The fourth-order valence-corrected chi connectivity index (χ4v) is 4.04. The SMILES string of the molecule is CN=C(NCCNC(=O)c1scnc1C)N(C)CC1CCC(C)CC1.I. The molecule has 0 unspecified atom stereocenters. The first-order valence-corrected chi connectivity index (χ1v) is 9.99. The van der Waals surface area contributed by atoms with Crippen molar-refractivity contribution in [3.8, 4) is 0 Å². The average Bonchev–Trinajstić information content (AvgIpc) is 3.03. The molecular formula is C18H32IN5OS. The molecule has 2 N–H and O–H groups in total. The Balaban J connectivity index is 0.00000338. The maximum atomic E-state index is 12.1. The van der Waals surface area contributed by atoms with Gasteiger partial charge in [-0.25, -0.2) is 4.98 Å². The Labute approximate surface area is 178 Å². The molecule has 1 fully saturated rings. The topological polar surface area (TPSA) is 69.6 Å². The maximum absolute atomic E-state index is 12.1. The van der Waals surface area contributed by atoms with Crippen LogP contribution < -0.4 is 10.6 Å². The van der Waals surface area contributed by atoms with Gasteiger partial charge in [-0.2, -0.15) is 0 Å². The second-order valence-electron chi connectivity index (χ2n) is 7.00. The molecule has 0 bridgehead atoms. The zero-order valence-corrected chi connectivity index (χ0v) is 19.4. The molecule has 0 spiro atoms. The molecule has 26 heavy (non-hydrogen) atoms. The van der Waals surface area contributed by atoms with Crippen molar-refractivity contribution in [3.05, 3.63) is 16.1 Å². The van der Waals surface area contributed by atoms with Crippen LogP contribution in [0.25, 0.3) is 0 Å². The predicted molar refractivity (Wildman–Crippen MR) is 120 cm³/mol. The summed E-state index contributed by atoms with van der Waals surface area (Å²) < 4.78 is 0. The lowest BCUT2D eigenvalue weighted by Crippen LogP contribution is -2.44. The zero-order valence-electron chi connectivity index (χ0n) is 16.2. The molecule has 1 saturated carbocycles. The number of halogens is 1. The standard InChI is InChI=1S/C18H31N5OS.HI/c1-13-5-7-15(8-6-13)11-23(4)18(19-3)21-10-9-20-17(24)16-14(2)22-12-25-16;/h12-13,15H,5-11H2,1-4H3,(H,19,21)(H,20,24);1H. The number of carbonyl (C=O) groups excluding carboxylic acids is 1. The van der Waals surface area contributed by atoms with Gasteiger partial charge >= 0.3 is 0 Å². The molecular weight excluding hydrogens is 461 g/mol. The fourth-order valence-electron chi connectivity index (χ4n) is 3.32. The van der Waals surface area contributed by atoms with E-state index in [1.807, 2.05) is 6.92 Å². The van der Waals surface area contributed by atoms with Crippen LogP contribution in [0, 0.1) is 18.8 Å². The van der Waals surface area contributed by atoms with Gasteiger partial charge in [0.25, 0.3) is 5.91 Å². The van der Waals surface area contributed by atoms with Crippen molar-refractivity contribution in [3.63, 3.8) is 0 Å². The molecule has 0 radical (unpaired) electrons. The van der Waals surface area contributed by atoms with Crippen molar-refractivity contribution < 1.29 is 4.79 Å². The Hall–Kier alpha value is -0.900. The van der Waals surface area contributed by atoms with Gasteiger partial charge in [-0.15, -0.1) is 35.3 Å². The molecule has 148 valence electrons. The van der Waals surface area contributed by atoms with Crippen molar-refractivity contribution >= 4 is 47.2 Å². The van der Waals surface area contributed by atoms with E-state index < -0.39 is 0 Å². The Morgan fingerprint density at radius 3 is 2.54 bits per heavy atom. The largest absolute Gasteiger partial charge is 0.354 e. The first-order valence-electron chi connectivity index (χ1n) is 9.11. The number of nitrogens with zero attached hydrogens (tertiary/aromatic N) is 3. The van der Waals surface area contributed by atoms with E-state index in [-0.39, 0.29) is 29.9 Å². The number of hydrogen-bond donors (Lipinski definition) is 2. The van der Waals surface area contributed by atoms with Crippen LogP contribution in [0.4, 0.5) is 0 Å². The van der Waals surface area contributed by atoms with Gasteiger partial charge in [0.05, 0.1) is 11.2 Å². The number of carbonyl (C=O) groups is 1. The Kier molecular flexibility index (Phi) is 10.4. The summed E-state index contributed by atoms with van der Waals surface area (Å²) >= 11 is 1.38. The monoisotopic (exact) mass is 493 g/mol. The number of aromatic nitrogens is 1. The van der Waals surface area contributed by atoms with Gasteiger partial charge in [0.1, 0.15) is 4.88 Å². The summed E-state index contributed by atoms with van der Waals surface area (Å²) in [7, 11) is 3.90. The molecule has 1 aliphatic rings. The predicted octanol–water partition coefficient (Wildman–Crippen LogP) is 3.13. The van der Waals surface area contributed by atoms with Crippen LogP contribution in [0.15, 0.2) is 10.5 Å². The molecule has 0 aliphatic heterocycles. The number of amides is 1. The minimum atomic E-state index is -0.0542. The third-order valence-corrected chi connectivity index (χ3v) is 5.81. The van der Waals surface area contributed by atoms with Gasteiger partial charge in [0.15, 0.2) is 5.96 Å². The first kappa shape index (κ1) is 23.1. The van der Waals surface area contributed by atoms with Crippen LogP contribution >= 0.6 is 35.3 Å². The number of rotatable bonds is 6. The van der Waals surface area contributed by atoms with Crippen LogP contribution in [0.1, 0.15) is 48.0 Å². The van der Waals surface area contributed by atoms with Crippen molar-refractivity contribution in [2.24, 2.45) is 16.8 Å². The summed E-state index contributed by atoms with van der Waals surface area (Å²) in [5, 5.41) is 6.26. The van der Waals surface area contributed by atoms with Gasteiger partial charge < -0.3 is 15.5 Å². The van der Waals surface area contributed by atoms with Crippen molar-refractivity contribution in [2.45, 2.75) is 39.5 Å². The van der Waals surface area contributed by atoms with Gasteiger partial charge in [0, 0.05) is 33.7 Å². The number of aryl methyl sites for hydroxylation is 1. The minimum absolute atomic E-state index is 0. The van der Waals surface area contributed by atoms with Gasteiger partial charge in [-0.1, -0.05) is 19.8 Å². The number of thiazole rings is 1. The molecule has 1 aliphatic carbocycles. The molecule has 0 saturated heterocycles. The normalized spacial score (nSPS) is 20.2. The van der Waals surface area contributed by atoms with E-state index in [0.29, 0.717) is 18.0 Å². The third-order valence-electron chi connectivity index (χ3n) is 4.89. The summed E-state index contributed by atoms with van der Waals surface area (Å²) in [5.74, 6) is 2.47. The molecule has 1 amide bonds. The highest BCUT2D eigenvalue weighted by atomic mass is 127. The van der Waals surface area contributed by atoms with E-state index in [0.717, 1.165) is 30.0 Å². The first-order chi connectivity index (χ1) is 12.0. The average molecular weight is 493 g/mol. The van der Waals surface area contributed by atoms with Gasteiger partial charge in [0.2, 0.25) is 0 Å². The summed E-state index contributed by atoms with van der Waals surface area (Å²) in [6.07, 6.45) is 5.31. The van der Waals surface area contributed by atoms with E-state index in [2.05, 4.69) is 39.5 Å². The number of hydrogen-bond acceptors (Lipinski definition) is 4. The van der Waals surface area contributed by atoms with E-state index >= 15 is 0 Å². The molecule has 8 heteroatoms. The molecule has 1 heterocycles. The second kappa shape index (κ2) is 11.7. The van der Waals surface area contributed by atoms with Crippen LogP contribution in [0.3, 0.4) is 0 Å². The Morgan fingerprint density at radius 1 is 1.31 bits per heavy atom. The highest BCUT2D eigenvalue weighted by Crippen LogP contribution is 2.28. The molecule has 0 atom stereocenters. The smallest absolute Gasteiger partial charge is 0.263 e. The Bertz CT molecular complexity index is 584. The van der Waals surface area contributed by atoms with Crippen LogP contribution in [-0.2, 0) is 0 Å². The fraction of sp³-hybridized carbons (Fsp3) is 0.722. The summed E-state index contributed by atoms with van der Waals surface area (Å²) in [5.41, 5.74) is 2.48. The van der Waals surface area contributed by atoms with Crippen LogP contribution in [0.2, 0.25) is 0 Å². The van der Waals surface area contributed by atoms with Crippen molar-refractivity contribution in [1.29, 1.82) is 0 Å². The maximum Gasteiger partial charge on any atom is 0.263 e. The highest BCUT2D eigenvalue weighted by Gasteiger charge is 2.20. The molecule has 2 rings (SSSR count). The molecule has 1 aromatic heterocycles. The third kappa shape index (κ3) is 7.02. The van der Waals surface area contributed by atoms with Crippen LogP contribution in [-0.4, -0.2) is 55.5 Å². The summed E-state index contributed by atoms with van der Waals surface area (Å²) in [6.45, 7) is 6.46. The van der Waals surface area contributed by atoms with Crippen molar-refractivity contribution in [1.82, 2.24) is 20.5 Å². The lowest BCUT2D eigenvalue weighted by atomic mass is 9.83. The van der Waals surface area contributed by atoms with Crippen molar-refractivity contribution in [2.75, 3.05) is 33.7 Å². The summed E-state index contributed by atoms with van der Waals surface area (Å²) in [6, 6.07) is 0. The minimum Gasteiger partial charge on any atom is -0.354 e. The summed E-state index contributed by atoms with van der Waals surface area (Å²) in [4.78, 5) is 23.4. The lowest BCUT2D eigenvalue weighted by molar-refractivity contribution is 0.0957. The quantitative estimate of drug-likeness (QED) is 0.277. The molecule has 0 aromatic carbocycles. The van der Waals surface area contributed by atoms with Gasteiger partial charge in [-0.05, 0) is 31.6 Å². The van der Waals surface area contributed by atoms with E-state index in [9.17, 15) is 4.79 Å². The highest BCUT2D eigenvalue weighted by molar-refractivity contribution is 14.0. The van der Waals surface area contributed by atoms with Crippen LogP contribution in [0.5, 0.6) is 0 Å². The molecule has 6 nitrogen and oxygen atoms in total. The second-order valence-corrected chi connectivity index (χ2v) is 7.86. The van der Waals surface area contributed by atoms with E-state index in [1.54, 1.807) is 12.6 Å². The number of aliphatic imine (C=N–C) groups is 1. The lowest BCUT2D eigenvalue weighted by Gasteiger charge is -2.31. The Morgan fingerprint density at radius 2 is 1.96 bits per heavy atom. The number of nitrogens with one attached hydrogen (secondary N) is 2. The number of guanidine groups is 1. The van der Waals surface area contributed by atoms with Gasteiger partial charge in [-0.3, -0.25) is 9.79 Å².